The van der Waals surface area contributed by atoms with Crippen LogP contribution in [0.1, 0.15) is 32.6 Å². The molecule has 0 aromatic heterocycles. The van der Waals surface area contributed by atoms with Crippen LogP contribution in [0.15, 0.2) is 0 Å². The number of hydrogen-bond donors (Lipinski definition) is 0. The zero-order valence-corrected chi connectivity index (χ0v) is 8.70. The molecule has 72 valence electrons. The molecule has 0 aliphatic carbocycles. The summed E-state index contributed by atoms with van der Waals surface area (Å²) < 4.78 is 9.38. The van der Waals surface area contributed by atoms with E-state index in [1.807, 2.05) is 9.47 Å². The summed E-state index contributed by atoms with van der Waals surface area (Å²) in [5.74, 6) is -0.290. The average Bonchev–Trinajstić information content (AvgIpc) is 2.05. The van der Waals surface area contributed by atoms with E-state index >= 15 is 0 Å². The maximum absolute atomic E-state index is 10.7. The summed E-state index contributed by atoms with van der Waals surface area (Å²) in [6, 6.07) is 0. The second kappa shape index (κ2) is 8.95. The van der Waals surface area contributed by atoms with Crippen LogP contribution in [0.3, 0.4) is 0 Å². The highest BCUT2D eigenvalue weighted by atomic mass is 31.0. The molecule has 0 radical (unpaired) electrons. The SMILES string of the molecule is CCCCCCOC(=O)COP. The minimum atomic E-state index is -0.290. The van der Waals surface area contributed by atoms with E-state index in [-0.39, 0.29) is 12.6 Å². The number of carbonyl (C=O) groups is 1. The molecule has 0 bridgehead atoms. The molecule has 0 amide bonds. The minimum Gasteiger partial charge on any atom is -0.464 e. The Balaban J connectivity index is 3.03. The van der Waals surface area contributed by atoms with E-state index in [1.54, 1.807) is 0 Å². The van der Waals surface area contributed by atoms with Gasteiger partial charge in [-0.15, -0.1) is 0 Å². The minimum absolute atomic E-state index is 0.0262. The van der Waals surface area contributed by atoms with Crippen molar-refractivity contribution in [1.29, 1.82) is 0 Å². The summed E-state index contributed by atoms with van der Waals surface area (Å²) in [6.07, 6.45) is 4.49. The number of rotatable bonds is 7. The lowest BCUT2D eigenvalue weighted by Gasteiger charge is -2.02. The molecule has 12 heavy (non-hydrogen) atoms. The van der Waals surface area contributed by atoms with Crippen molar-refractivity contribution in [1.82, 2.24) is 0 Å². The van der Waals surface area contributed by atoms with Gasteiger partial charge in [-0.25, -0.2) is 4.79 Å². The summed E-state index contributed by atoms with van der Waals surface area (Å²) in [6.45, 7) is 2.69. The van der Waals surface area contributed by atoms with Gasteiger partial charge in [-0.05, 0) is 6.42 Å². The van der Waals surface area contributed by atoms with Crippen molar-refractivity contribution in [2.45, 2.75) is 32.6 Å². The van der Waals surface area contributed by atoms with Gasteiger partial charge < -0.3 is 9.26 Å². The fourth-order valence-corrected chi connectivity index (χ4v) is 0.961. The second-order valence-electron chi connectivity index (χ2n) is 2.59. The molecule has 0 saturated carbocycles. The Labute approximate surface area is 76.1 Å². The van der Waals surface area contributed by atoms with Crippen LogP contribution in [0.2, 0.25) is 0 Å². The lowest BCUT2D eigenvalue weighted by molar-refractivity contribution is -0.145. The Morgan fingerprint density at radius 3 is 2.67 bits per heavy atom. The Morgan fingerprint density at radius 2 is 2.08 bits per heavy atom. The summed E-state index contributed by atoms with van der Waals surface area (Å²) in [5.41, 5.74) is 0. The Bertz CT molecular complexity index is 117. The normalized spacial score (nSPS) is 9.83. The largest absolute Gasteiger partial charge is 0.464 e. The molecule has 3 nitrogen and oxygen atoms in total. The molecule has 1 unspecified atom stereocenters. The van der Waals surface area contributed by atoms with Gasteiger partial charge in [0.2, 0.25) is 0 Å². The van der Waals surface area contributed by atoms with Crippen LogP contribution in [-0.2, 0) is 14.1 Å². The lowest BCUT2D eigenvalue weighted by Crippen LogP contribution is -2.10. The monoisotopic (exact) mass is 192 g/mol. The van der Waals surface area contributed by atoms with Crippen molar-refractivity contribution in [2.75, 3.05) is 13.2 Å². The molecule has 0 N–H and O–H groups in total. The number of esters is 1. The molecule has 0 aromatic rings. The van der Waals surface area contributed by atoms with E-state index in [2.05, 4.69) is 11.4 Å². The van der Waals surface area contributed by atoms with Crippen molar-refractivity contribution >= 4 is 15.4 Å². The van der Waals surface area contributed by atoms with Crippen molar-refractivity contribution in [3.8, 4) is 0 Å². The molecular formula is C8H17O3P. The van der Waals surface area contributed by atoms with Gasteiger partial charge >= 0.3 is 5.97 Å². The molecule has 1 atom stereocenters. The van der Waals surface area contributed by atoms with E-state index in [4.69, 9.17) is 4.74 Å². The standard InChI is InChI=1S/C8H17O3P/c1-2-3-4-5-6-10-8(9)7-11-12/h2-7,12H2,1H3. The third kappa shape index (κ3) is 7.96. The van der Waals surface area contributed by atoms with Gasteiger partial charge in [-0.2, -0.15) is 0 Å². The van der Waals surface area contributed by atoms with Crippen LogP contribution in [0.5, 0.6) is 0 Å². The number of carbonyl (C=O) groups excluding carboxylic acids is 1. The van der Waals surface area contributed by atoms with Crippen LogP contribution in [0.25, 0.3) is 0 Å². The van der Waals surface area contributed by atoms with Gasteiger partial charge in [-0.3, -0.25) is 0 Å². The van der Waals surface area contributed by atoms with E-state index in [1.165, 1.54) is 12.8 Å². The van der Waals surface area contributed by atoms with E-state index in [0.717, 1.165) is 12.8 Å². The molecule has 0 rings (SSSR count). The second-order valence-corrected chi connectivity index (χ2v) is 2.93. The molecule has 4 heteroatoms. The van der Waals surface area contributed by atoms with Crippen LogP contribution in [-0.4, -0.2) is 19.2 Å². The highest BCUT2D eigenvalue weighted by Gasteiger charge is 1.99. The van der Waals surface area contributed by atoms with Crippen LogP contribution in [0, 0.1) is 0 Å². The van der Waals surface area contributed by atoms with Gasteiger partial charge in [0, 0.05) is 9.47 Å². The predicted octanol–water partition coefficient (Wildman–Crippen LogP) is 1.92. The molecule has 0 saturated heterocycles. The van der Waals surface area contributed by atoms with Gasteiger partial charge in [0.25, 0.3) is 0 Å². The summed E-state index contributed by atoms with van der Waals surface area (Å²) in [4.78, 5) is 10.7. The lowest BCUT2D eigenvalue weighted by atomic mass is 10.2. The van der Waals surface area contributed by atoms with Crippen molar-refractivity contribution in [3.05, 3.63) is 0 Å². The van der Waals surface area contributed by atoms with Crippen LogP contribution >= 0.6 is 9.47 Å². The molecule has 0 heterocycles. The highest BCUT2D eigenvalue weighted by Crippen LogP contribution is 1.99. The summed E-state index contributed by atoms with van der Waals surface area (Å²) >= 11 is 0. The average molecular weight is 192 g/mol. The fourth-order valence-electron chi connectivity index (χ4n) is 0.825. The predicted molar refractivity (Wildman–Crippen MR) is 50.8 cm³/mol. The van der Waals surface area contributed by atoms with E-state index < -0.39 is 0 Å². The molecule has 0 aliphatic heterocycles. The smallest absolute Gasteiger partial charge is 0.332 e. The Hall–Kier alpha value is -0.140. The molecule has 0 fully saturated rings. The first-order chi connectivity index (χ1) is 5.81. The van der Waals surface area contributed by atoms with Gasteiger partial charge in [-0.1, -0.05) is 26.2 Å². The first-order valence-corrected chi connectivity index (χ1v) is 4.75. The maximum Gasteiger partial charge on any atom is 0.332 e. The van der Waals surface area contributed by atoms with Crippen LogP contribution < -0.4 is 0 Å². The Morgan fingerprint density at radius 1 is 1.33 bits per heavy atom. The van der Waals surface area contributed by atoms with Gasteiger partial charge in [0.15, 0.2) is 0 Å². The van der Waals surface area contributed by atoms with Crippen molar-refractivity contribution in [3.63, 3.8) is 0 Å². The Kier molecular flexibility index (Phi) is 8.85. The molecule has 0 aliphatic rings. The first kappa shape index (κ1) is 11.9. The third-order valence-electron chi connectivity index (χ3n) is 1.46. The van der Waals surface area contributed by atoms with E-state index in [9.17, 15) is 4.79 Å². The van der Waals surface area contributed by atoms with Gasteiger partial charge in [0.1, 0.15) is 6.61 Å². The number of hydrogen-bond acceptors (Lipinski definition) is 3. The van der Waals surface area contributed by atoms with Crippen molar-refractivity contribution in [2.24, 2.45) is 0 Å². The first-order valence-electron chi connectivity index (χ1n) is 4.28. The topological polar surface area (TPSA) is 35.5 Å². The molecular weight excluding hydrogens is 175 g/mol. The molecule has 0 aromatic carbocycles. The fraction of sp³-hybridized carbons (Fsp3) is 0.875. The quantitative estimate of drug-likeness (QED) is 0.351. The van der Waals surface area contributed by atoms with Gasteiger partial charge in [0.05, 0.1) is 6.61 Å². The van der Waals surface area contributed by atoms with Crippen LogP contribution in [0.4, 0.5) is 0 Å². The summed E-state index contributed by atoms with van der Waals surface area (Å²) in [7, 11) is 2.02. The zero-order valence-electron chi connectivity index (χ0n) is 7.54. The molecule has 0 spiro atoms. The highest BCUT2D eigenvalue weighted by molar-refractivity contribution is 7.09. The number of ether oxygens (including phenoxy) is 1. The maximum atomic E-state index is 10.7. The zero-order chi connectivity index (χ0) is 9.23. The van der Waals surface area contributed by atoms with E-state index in [0.29, 0.717) is 6.61 Å². The third-order valence-corrected chi connectivity index (χ3v) is 1.63. The summed E-state index contributed by atoms with van der Waals surface area (Å²) in [5, 5.41) is 0. The van der Waals surface area contributed by atoms with Crippen molar-refractivity contribution < 1.29 is 14.1 Å². The number of unbranched alkanes of at least 4 members (excludes halogenated alkanes) is 3.